The van der Waals surface area contributed by atoms with E-state index < -0.39 is 10.0 Å². The minimum absolute atomic E-state index is 0.0316. The first-order valence-corrected chi connectivity index (χ1v) is 8.83. The molecule has 1 heterocycles. The molecule has 0 aliphatic carbocycles. The van der Waals surface area contributed by atoms with Gasteiger partial charge in [0.1, 0.15) is 0 Å². The van der Waals surface area contributed by atoms with Crippen molar-refractivity contribution in [3.63, 3.8) is 0 Å². The van der Waals surface area contributed by atoms with Gasteiger partial charge in [-0.2, -0.15) is 8.42 Å². The molecule has 0 unspecified atom stereocenters. The summed E-state index contributed by atoms with van der Waals surface area (Å²) < 4.78 is 30.2. The summed E-state index contributed by atoms with van der Waals surface area (Å²) in [6, 6.07) is 13.2. The van der Waals surface area contributed by atoms with Crippen LogP contribution in [0.5, 0.6) is 5.88 Å². The molecule has 23 heavy (non-hydrogen) atoms. The number of sulfonamides is 1. The topological polar surface area (TPSA) is 84.0 Å². The van der Waals surface area contributed by atoms with Gasteiger partial charge < -0.3 is 9.67 Å². The average molecular weight is 394 g/mol. The number of hydrogen-bond acceptors (Lipinski definition) is 4. The fraction of sp³-hybridized carbons (Fsp3) is 0.0667. The van der Waals surface area contributed by atoms with Crippen LogP contribution in [0.15, 0.2) is 67.5 Å². The summed E-state index contributed by atoms with van der Waals surface area (Å²) in [5.74, 6) is -0.138. The van der Waals surface area contributed by atoms with E-state index in [0.29, 0.717) is 5.39 Å². The van der Waals surface area contributed by atoms with Gasteiger partial charge in [-0.15, -0.1) is 5.11 Å². The number of rotatable bonds is 3. The lowest BCUT2D eigenvalue weighted by Crippen LogP contribution is -1.94. The van der Waals surface area contributed by atoms with Gasteiger partial charge >= 0.3 is 0 Å². The largest absolute Gasteiger partial charge is 0.493 e. The predicted octanol–water partition coefficient (Wildman–Crippen LogP) is 4.12. The normalized spacial score (nSPS) is 12.3. The Morgan fingerprint density at radius 2 is 1.74 bits per heavy atom. The first-order chi connectivity index (χ1) is 10.9. The van der Waals surface area contributed by atoms with Crippen molar-refractivity contribution in [2.75, 3.05) is 0 Å². The molecule has 6 nitrogen and oxygen atoms in total. The van der Waals surface area contributed by atoms with Crippen LogP contribution >= 0.6 is 15.9 Å². The van der Waals surface area contributed by atoms with Crippen molar-refractivity contribution in [2.24, 2.45) is 16.7 Å². The summed E-state index contributed by atoms with van der Waals surface area (Å²) in [4.78, 5) is 0.0316. The molecule has 0 amide bonds. The van der Waals surface area contributed by atoms with Crippen molar-refractivity contribution in [1.29, 1.82) is 0 Å². The van der Waals surface area contributed by atoms with E-state index in [2.05, 4.69) is 25.6 Å². The molecule has 0 spiro atoms. The second kappa shape index (κ2) is 5.78. The summed E-state index contributed by atoms with van der Waals surface area (Å²) in [6.45, 7) is 0. The lowest BCUT2D eigenvalue weighted by Gasteiger charge is -1.98. The molecular formula is C15H12BrN3O3S. The molecular weight excluding hydrogens is 382 g/mol. The van der Waals surface area contributed by atoms with Crippen molar-refractivity contribution in [3.8, 4) is 5.88 Å². The Labute approximate surface area is 141 Å². The highest BCUT2D eigenvalue weighted by molar-refractivity contribution is 9.10. The van der Waals surface area contributed by atoms with Gasteiger partial charge in [-0.1, -0.05) is 38.6 Å². The Morgan fingerprint density at radius 3 is 2.43 bits per heavy atom. The number of halogens is 1. The standard InChI is InChI=1S/C15H12BrN3O3S/c1-19-13-5-3-2-4-12(13)14(15(19)20)17-18-23(21,22)11-8-6-10(16)7-9-11/h2-9,20H,1H3. The van der Waals surface area contributed by atoms with Crippen LogP contribution in [0.25, 0.3) is 10.9 Å². The molecule has 1 N–H and O–H groups in total. The summed E-state index contributed by atoms with van der Waals surface area (Å²) in [5.41, 5.74) is 0.865. The molecule has 0 atom stereocenters. The smallest absolute Gasteiger partial charge is 0.299 e. The first kappa shape index (κ1) is 15.7. The van der Waals surface area contributed by atoms with Crippen LogP contribution in [0, 0.1) is 0 Å². The highest BCUT2D eigenvalue weighted by atomic mass is 79.9. The van der Waals surface area contributed by atoms with Crippen molar-refractivity contribution in [1.82, 2.24) is 4.57 Å². The zero-order valence-corrected chi connectivity index (χ0v) is 14.4. The summed E-state index contributed by atoms with van der Waals surface area (Å²) in [7, 11) is -2.27. The number of fused-ring (bicyclic) bond motifs is 1. The van der Waals surface area contributed by atoms with Gasteiger partial charge in [0.2, 0.25) is 5.88 Å². The second-order valence-electron chi connectivity index (χ2n) is 4.86. The van der Waals surface area contributed by atoms with Crippen LogP contribution in [0.3, 0.4) is 0 Å². The third-order valence-electron chi connectivity index (χ3n) is 3.41. The molecule has 3 aromatic rings. The highest BCUT2D eigenvalue weighted by Gasteiger charge is 2.17. The van der Waals surface area contributed by atoms with Gasteiger partial charge in [-0.3, -0.25) is 0 Å². The SMILES string of the molecule is Cn1c(O)c(N=NS(=O)(=O)c2ccc(Br)cc2)c2ccccc21. The molecule has 2 aromatic carbocycles. The van der Waals surface area contributed by atoms with E-state index in [0.717, 1.165) is 9.99 Å². The lowest BCUT2D eigenvalue weighted by molar-refractivity contribution is 0.436. The Hall–Kier alpha value is -2.19. The maximum Gasteiger partial charge on any atom is 0.299 e. The van der Waals surface area contributed by atoms with Crippen molar-refractivity contribution < 1.29 is 13.5 Å². The van der Waals surface area contributed by atoms with Crippen molar-refractivity contribution in [3.05, 3.63) is 53.0 Å². The van der Waals surface area contributed by atoms with Crippen LogP contribution in [0.2, 0.25) is 0 Å². The highest BCUT2D eigenvalue weighted by Crippen LogP contribution is 2.38. The van der Waals surface area contributed by atoms with Crippen molar-refractivity contribution >= 4 is 42.5 Å². The first-order valence-electron chi connectivity index (χ1n) is 6.60. The van der Waals surface area contributed by atoms with Crippen LogP contribution in [0.4, 0.5) is 5.69 Å². The minimum atomic E-state index is -3.93. The van der Waals surface area contributed by atoms with E-state index in [1.165, 1.54) is 16.7 Å². The third kappa shape index (κ3) is 2.87. The quantitative estimate of drug-likeness (QED) is 0.679. The van der Waals surface area contributed by atoms with Gasteiger partial charge in [-0.25, -0.2) is 0 Å². The molecule has 0 bridgehead atoms. The average Bonchev–Trinajstić information content (AvgIpc) is 2.78. The molecule has 118 valence electrons. The number of para-hydroxylation sites is 1. The van der Waals surface area contributed by atoms with Gasteiger partial charge in [-0.05, 0) is 30.3 Å². The Kier molecular flexibility index (Phi) is 3.95. The number of aryl methyl sites for hydroxylation is 1. The fourth-order valence-corrected chi connectivity index (χ4v) is 3.23. The van der Waals surface area contributed by atoms with Crippen LogP contribution in [-0.2, 0) is 17.1 Å². The van der Waals surface area contributed by atoms with Crippen LogP contribution in [0.1, 0.15) is 0 Å². The molecule has 0 saturated heterocycles. The van der Waals surface area contributed by atoms with E-state index >= 15 is 0 Å². The molecule has 0 fully saturated rings. The number of aromatic nitrogens is 1. The van der Waals surface area contributed by atoms with E-state index in [9.17, 15) is 13.5 Å². The van der Waals surface area contributed by atoms with E-state index in [-0.39, 0.29) is 16.5 Å². The second-order valence-corrected chi connectivity index (χ2v) is 7.36. The summed E-state index contributed by atoms with van der Waals surface area (Å²) in [5, 5.41) is 14.5. The zero-order valence-electron chi connectivity index (χ0n) is 12.0. The zero-order chi connectivity index (χ0) is 16.6. The molecule has 8 heteroatoms. The monoisotopic (exact) mass is 393 g/mol. The summed E-state index contributed by atoms with van der Waals surface area (Å²) >= 11 is 3.24. The molecule has 0 saturated carbocycles. The van der Waals surface area contributed by atoms with E-state index in [1.54, 1.807) is 37.4 Å². The molecule has 0 aliphatic heterocycles. The summed E-state index contributed by atoms with van der Waals surface area (Å²) in [6.07, 6.45) is 0. The number of nitrogens with zero attached hydrogens (tertiary/aromatic N) is 3. The minimum Gasteiger partial charge on any atom is -0.493 e. The molecule has 0 aliphatic rings. The van der Waals surface area contributed by atoms with Crippen LogP contribution < -0.4 is 0 Å². The van der Waals surface area contributed by atoms with Gasteiger partial charge in [0.05, 0.1) is 10.4 Å². The predicted molar refractivity (Wildman–Crippen MR) is 90.4 cm³/mol. The van der Waals surface area contributed by atoms with Gasteiger partial charge in [0.15, 0.2) is 5.69 Å². The van der Waals surface area contributed by atoms with Gasteiger partial charge in [0.25, 0.3) is 10.0 Å². The molecule has 3 rings (SSSR count). The van der Waals surface area contributed by atoms with Crippen molar-refractivity contribution in [2.45, 2.75) is 4.90 Å². The van der Waals surface area contributed by atoms with Gasteiger partial charge in [0, 0.05) is 16.9 Å². The Bertz CT molecular complexity index is 1010. The lowest BCUT2D eigenvalue weighted by atomic mass is 10.2. The molecule has 1 aromatic heterocycles. The number of hydrogen-bond donors (Lipinski definition) is 1. The van der Waals surface area contributed by atoms with E-state index in [4.69, 9.17) is 0 Å². The number of benzene rings is 2. The maximum atomic E-state index is 12.2. The van der Waals surface area contributed by atoms with E-state index in [1.807, 2.05) is 6.07 Å². The third-order valence-corrected chi connectivity index (χ3v) is 5.10. The molecule has 0 radical (unpaired) electrons. The van der Waals surface area contributed by atoms with Crippen LogP contribution in [-0.4, -0.2) is 18.1 Å². The number of aromatic hydroxyl groups is 1. The fourth-order valence-electron chi connectivity index (χ4n) is 2.21. The maximum absolute atomic E-state index is 12.2. The Morgan fingerprint density at radius 1 is 1.09 bits per heavy atom. The Balaban J connectivity index is 2.06.